The van der Waals surface area contributed by atoms with Crippen LogP contribution in [0.15, 0.2) is 0 Å². The molecule has 9 N–H and O–H groups in total. The minimum absolute atomic E-state index is 0.000910. The van der Waals surface area contributed by atoms with Gasteiger partial charge < -0.3 is 41.1 Å². The van der Waals surface area contributed by atoms with E-state index in [9.17, 15) is 25.5 Å². The number of nitrogens with two attached hydrogens (primary N) is 1. The van der Waals surface area contributed by atoms with E-state index in [2.05, 4.69) is 5.32 Å². The third kappa shape index (κ3) is 4.55. The highest BCUT2D eigenvalue weighted by molar-refractivity contribution is 4.92. The minimum Gasteiger partial charge on any atom is -0.394 e. The highest BCUT2D eigenvalue weighted by Gasteiger charge is 2.43. The van der Waals surface area contributed by atoms with E-state index in [1.807, 2.05) is 0 Å². The average molecular weight is 310 g/mol. The molecule has 1 fully saturated rings. The maximum absolute atomic E-state index is 9.80. The van der Waals surface area contributed by atoms with Gasteiger partial charge in [-0.1, -0.05) is 6.92 Å². The summed E-state index contributed by atoms with van der Waals surface area (Å²) in [6, 6.07) is -0.813. The van der Waals surface area contributed by atoms with Gasteiger partial charge in [-0.15, -0.1) is 0 Å². The van der Waals surface area contributed by atoms with E-state index in [0.29, 0.717) is 6.42 Å². The number of hydrogen-bond acceptors (Lipinski definition) is 9. The third-order valence-corrected chi connectivity index (χ3v) is 3.70. The first-order valence-corrected chi connectivity index (χ1v) is 6.99. The van der Waals surface area contributed by atoms with Crippen LogP contribution in [-0.4, -0.2) is 92.7 Å². The van der Waals surface area contributed by atoms with Crippen molar-refractivity contribution in [2.24, 2.45) is 5.73 Å². The molecular weight excluding hydrogens is 284 g/mol. The Morgan fingerprint density at radius 3 is 2.29 bits per heavy atom. The van der Waals surface area contributed by atoms with Crippen LogP contribution in [-0.2, 0) is 4.74 Å². The summed E-state index contributed by atoms with van der Waals surface area (Å²) in [4.78, 5) is 0. The summed E-state index contributed by atoms with van der Waals surface area (Å²) < 4.78 is 5.23. The predicted octanol–water partition coefficient (Wildman–Crippen LogP) is -4.16. The highest BCUT2D eigenvalue weighted by Crippen LogP contribution is 2.19. The number of rotatable bonds is 7. The standard InChI is InChI=1S/C12H26N2O7/c1-2-6(16)8(17)5(13)3-14-12-11(20)10(19)9(18)7(4-15)21-12/h5-12,14-20H,2-4,13H2,1H3/t5-,6+,7?,8-,9-,10-,11?,12-/m0/s1. The summed E-state index contributed by atoms with van der Waals surface area (Å²) in [5, 5.41) is 60.0. The van der Waals surface area contributed by atoms with Gasteiger partial charge in [0.2, 0.25) is 0 Å². The second-order valence-corrected chi connectivity index (χ2v) is 5.29. The van der Waals surface area contributed by atoms with Crippen molar-refractivity contribution < 1.29 is 35.4 Å². The summed E-state index contributed by atoms with van der Waals surface area (Å²) in [6.45, 7) is 1.18. The molecule has 0 aromatic rings. The molecule has 0 amide bonds. The monoisotopic (exact) mass is 310 g/mol. The zero-order chi connectivity index (χ0) is 16.2. The molecule has 0 bridgehead atoms. The molecule has 0 aromatic carbocycles. The first-order chi connectivity index (χ1) is 9.83. The number of nitrogens with one attached hydrogen (secondary N) is 1. The van der Waals surface area contributed by atoms with Crippen molar-refractivity contribution in [1.82, 2.24) is 5.32 Å². The largest absolute Gasteiger partial charge is 0.394 e. The summed E-state index contributed by atoms with van der Waals surface area (Å²) in [6.07, 6.45) is -8.15. The van der Waals surface area contributed by atoms with E-state index in [1.54, 1.807) is 6.92 Å². The third-order valence-electron chi connectivity index (χ3n) is 3.70. The fourth-order valence-electron chi connectivity index (χ4n) is 2.17. The molecule has 0 saturated carbocycles. The highest BCUT2D eigenvalue weighted by atomic mass is 16.6. The Kier molecular flexibility index (Phi) is 7.40. The molecule has 21 heavy (non-hydrogen) atoms. The Morgan fingerprint density at radius 2 is 1.76 bits per heavy atom. The van der Waals surface area contributed by atoms with Gasteiger partial charge in [-0.05, 0) is 6.42 Å². The van der Waals surface area contributed by atoms with E-state index >= 15 is 0 Å². The quantitative estimate of drug-likeness (QED) is 0.232. The molecule has 0 aromatic heterocycles. The predicted molar refractivity (Wildman–Crippen MR) is 72.0 cm³/mol. The Bertz CT molecular complexity index is 307. The van der Waals surface area contributed by atoms with E-state index in [0.717, 1.165) is 0 Å². The molecule has 9 heteroatoms. The van der Waals surface area contributed by atoms with Crippen molar-refractivity contribution in [2.45, 2.75) is 62.2 Å². The Labute approximate surface area is 123 Å². The van der Waals surface area contributed by atoms with Crippen molar-refractivity contribution in [1.29, 1.82) is 0 Å². The topological polar surface area (TPSA) is 169 Å². The summed E-state index contributed by atoms with van der Waals surface area (Å²) >= 11 is 0. The Hall–Kier alpha value is -0.360. The minimum atomic E-state index is -1.48. The summed E-state index contributed by atoms with van der Waals surface area (Å²) in [7, 11) is 0. The molecule has 1 heterocycles. The van der Waals surface area contributed by atoms with Gasteiger partial charge in [0.1, 0.15) is 30.6 Å². The maximum atomic E-state index is 9.80. The fraction of sp³-hybridized carbons (Fsp3) is 1.00. The molecule has 0 aliphatic carbocycles. The van der Waals surface area contributed by atoms with Crippen LogP contribution in [0.1, 0.15) is 13.3 Å². The number of hydrogen-bond donors (Lipinski definition) is 8. The summed E-state index contributed by atoms with van der Waals surface area (Å²) in [5.41, 5.74) is 5.71. The number of aliphatic hydroxyl groups excluding tert-OH is 6. The van der Waals surface area contributed by atoms with Crippen molar-refractivity contribution in [3.63, 3.8) is 0 Å². The molecule has 1 aliphatic heterocycles. The first-order valence-electron chi connectivity index (χ1n) is 6.99. The van der Waals surface area contributed by atoms with Gasteiger partial charge in [-0.25, -0.2) is 0 Å². The van der Waals surface area contributed by atoms with Crippen LogP contribution >= 0.6 is 0 Å². The van der Waals surface area contributed by atoms with Gasteiger partial charge >= 0.3 is 0 Å². The second kappa shape index (κ2) is 8.32. The van der Waals surface area contributed by atoms with Gasteiger partial charge in [0.15, 0.2) is 0 Å². The molecule has 126 valence electrons. The molecule has 0 spiro atoms. The maximum Gasteiger partial charge on any atom is 0.137 e. The molecule has 1 rings (SSSR count). The van der Waals surface area contributed by atoms with Crippen molar-refractivity contribution in [3.8, 4) is 0 Å². The zero-order valence-corrected chi connectivity index (χ0v) is 11.9. The normalized spacial score (nSPS) is 38.0. The lowest BCUT2D eigenvalue weighted by Crippen LogP contribution is -2.64. The van der Waals surface area contributed by atoms with Gasteiger partial charge in [-0.3, -0.25) is 5.32 Å². The number of aliphatic hydroxyl groups is 6. The van der Waals surface area contributed by atoms with Gasteiger partial charge in [0.05, 0.1) is 18.8 Å². The van der Waals surface area contributed by atoms with E-state index < -0.39 is 55.5 Å². The van der Waals surface area contributed by atoms with Gasteiger partial charge in [0, 0.05) is 12.6 Å². The molecule has 1 aliphatic rings. The van der Waals surface area contributed by atoms with Crippen LogP contribution in [0.3, 0.4) is 0 Å². The average Bonchev–Trinajstić information content (AvgIpc) is 2.50. The second-order valence-electron chi connectivity index (χ2n) is 5.29. The smallest absolute Gasteiger partial charge is 0.137 e. The van der Waals surface area contributed by atoms with E-state index in [4.69, 9.17) is 15.6 Å². The lowest BCUT2D eigenvalue weighted by Gasteiger charge is -2.40. The lowest BCUT2D eigenvalue weighted by molar-refractivity contribution is -0.236. The van der Waals surface area contributed by atoms with Crippen molar-refractivity contribution >= 4 is 0 Å². The van der Waals surface area contributed by atoms with Crippen LogP contribution in [0.4, 0.5) is 0 Å². The van der Waals surface area contributed by atoms with E-state index in [-0.39, 0.29) is 6.54 Å². The number of ether oxygens (including phenoxy) is 1. The van der Waals surface area contributed by atoms with Gasteiger partial charge in [0.25, 0.3) is 0 Å². The van der Waals surface area contributed by atoms with Gasteiger partial charge in [-0.2, -0.15) is 0 Å². The van der Waals surface area contributed by atoms with Crippen LogP contribution < -0.4 is 11.1 Å². The molecular formula is C12H26N2O7. The molecule has 0 radical (unpaired) electrons. The fourth-order valence-corrected chi connectivity index (χ4v) is 2.17. The van der Waals surface area contributed by atoms with Crippen molar-refractivity contribution in [3.05, 3.63) is 0 Å². The molecule has 8 atom stereocenters. The van der Waals surface area contributed by atoms with Crippen LogP contribution in [0.5, 0.6) is 0 Å². The van der Waals surface area contributed by atoms with E-state index in [1.165, 1.54) is 0 Å². The van der Waals surface area contributed by atoms with Crippen LogP contribution in [0.2, 0.25) is 0 Å². The Balaban J connectivity index is 2.53. The van der Waals surface area contributed by atoms with Crippen LogP contribution in [0, 0.1) is 0 Å². The summed E-state index contributed by atoms with van der Waals surface area (Å²) in [5.74, 6) is 0. The first kappa shape index (κ1) is 18.7. The van der Waals surface area contributed by atoms with Crippen LogP contribution in [0.25, 0.3) is 0 Å². The lowest BCUT2D eigenvalue weighted by atomic mass is 9.98. The molecule has 2 unspecified atom stereocenters. The van der Waals surface area contributed by atoms with Crippen molar-refractivity contribution in [2.75, 3.05) is 13.2 Å². The zero-order valence-electron chi connectivity index (χ0n) is 11.9. The molecule has 1 saturated heterocycles. The SMILES string of the molecule is CC[C@@H](O)[C@@H](O)[C@@H](N)CN[C@H]1OC(CO)[C@H](O)[C@H](O)C1O. The Morgan fingerprint density at radius 1 is 1.14 bits per heavy atom. The molecule has 9 nitrogen and oxygen atoms in total.